The van der Waals surface area contributed by atoms with Crippen LogP contribution in [-0.2, 0) is 14.3 Å². The van der Waals surface area contributed by atoms with Crippen LogP contribution in [0.15, 0.2) is 46.5 Å². The van der Waals surface area contributed by atoms with Gasteiger partial charge in [0.05, 0.1) is 29.5 Å². The minimum absolute atomic E-state index is 0.00527. The third-order valence-corrected chi connectivity index (χ3v) is 10.2. The number of ketones is 2. The Morgan fingerprint density at radius 1 is 1.13 bits per heavy atom. The quantitative estimate of drug-likeness (QED) is 0.652. The first-order chi connectivity index (χ1) is 14.5. The molecule has 7 atom stereocenters. The maximum atomic E-state index is 14.0. The van der Waals surface area contributed by atoms with E-state index < -0.39 is 21.8 Å². The summed E-state index contributed by atoms with van der Waals surface area (Å²) >= 11 is 0. The van der Waals surface area contributed by atoms with Crippen LogP contribution in [0.2, 0.25) is 0 Å². The molecule has 6 rings (SSSR count). The third kappa shape index (κ3) is 1.80. The monoisotopic (exact) mass is 422 g/mol. The topological polar surface area (TPSA) is 80.0 Å². The molecule has 0 bridgehead atoms. The zero-order valence-electron chi connectivity index (χ0n) is 18.8. The van der Waals surface area contributed by atoms with Gasteiger partial charge in [-0.1, -0.05) is 19.9 Å². The average Bonchev–Trinajstić information content (AvgIpc) is 3.07. The highest BCUT2D eigenvalue weighted by molar-refractivity contribution is 6.06. The second kappa shape index (κ2) is 5.25. The van der Waals surface area contributed by atoms with E-state index in [2.05, 4.69) is 13.8 Å². The van der Waals surface area contributed by atoms with Crippen molar-refractivity contribution >= 4 is 11.6 Å². The van der Waals surface area contributed by atoms with Gasteiger partial charge in [-0.05, 0) is 75.1 Å². The molecule has 1 aliphatic heterocycles. The summed E-state index contributed by atoms with van der Waals surface area (Å²) in [6.45, 7) is 10.0. The zero-order chi connectivity index (χ0) is 22.2. The summed E-state index contributed by atoms with van der Waals surface area (Å²) in [4.78, 5) is 26.7. The van der Waals surface area contributed by atoms with Crippen LogP contribution in [-0.4, -0.2) is 28.4 Å². The van der Waals surface area contributed by atoms with E-state index in [1.165, 1.54) is 5.56 Å². The Morgan fingerprint density at radius 3 is 2.55 bits per heavy atom. The number of carbonyl (C=O) groups excluding carboxylic acids is 2. The van der Waals surface area contributed by atoms with Gasteiger partial charge in [0.15, 0.2) is 11.5 Å². The van der Waals surface area contributed by atoms with Crippen molar-refractivity contribution in [3.63, 3.8) is 0 Å². The number of fused-ring (bicyclic) bond motifs is 3. The van der Waals surface area contributed by atoms with Crippen LogP contribution < -0.4 is 0 Å². The molecule has 5 nitrogen and oxygen atoms in total. The molecule has 3 fully saturated rings. The molecule has 0 aromatic carbocycles. The number of Topliss-reactive ketones (excluding diaryl/α,β-unsaturated/α-hetero) is 1. The lowest BCUT2D eigenvalue weighted by Crippen LogP contribution is -2.66. The number of rotatable bonds is 1. The van der Waals surface area contributed by atoms with Crippen LogP contribution in [0, 0.1) is 27.6 Å². The lowest BCUT2D eigenvalue weighted by Gasteiger charge is -2.62. The molecule has 1 saturated heterocycles. The highest BCUT2D eigenvalue weighted by Crippen LogP contribution is 2.81. The highest BCUT2D eigenvalue weighted by Gasteiger charge is 2.87. The Bertz CT molecular complexity index is 1090. The molecular formula is C26H30O5. The maximum Gasteiger partial charge on any atom is 0.206 e. The van der Waals surface area contributed by atoms with E-state index in [-0.39, 0.29) is 40.7 Å². The third-order valence-electron chi connectivity index (χ3n) is 10.2. The molecule has 2 heterocycles. The van der Waals surface area contributed by atoms with Gasteiger partial charge >= 0.3 is 0 Å². The Kier molecular flexibility index (Phi) is 3.31. The SMILES string of the molecule is CC1(C)C(=O)C=C[C@]2(C)C1=C(O)C(=O)[C@]1(C)[C@@H]2CC[C@]2(C)[C@@H](c3ccoc3)C[C@H]3O[C@]321. The van der Waals surface area contributed by atoms with Crippen molar-refractivity contribution in [1.29, 1.82) is 0 Å². The van der Waals surface area contributed by atoms with E-state index in [9.17, 15) is 14.7 Å². The normalized spacial score (nSPS) is 49.4. The molecule has 1 aromatic heterocycles. The van der Waals surface area contributed by atoms with Crippen LogP contribution in [0.3, 0.4) is 0 Å². The minimum Gasteiger partial charge on any atom is -0.504 e. The molecule has 1 aromatic rings. The number of aliphatic hydroxyl groups excluding tert-OH is 1. The summed E-state index contributed by atoms with van der Waals surface area (Å²) in [6, 6.07) is 2.03. The predicted molar refractivity (Wildman–Crippen MR) is 113 cm³/mol. The van der Waals surface area contributed by atoms with Crippen LogP contribution in [0.1, 0.15) is 65.4 Å². The Morgan fingerprint density at radius 2 is 1.87 bits per heavy atom. The van der Waals surface area contributed by atoms with Gasteiger partial charge < -0.3 is 14.3 Å². The number of hydrogen-bond acceptors (Lipinski definition) is 5. The highest BCUT2D eigenvalue weighted by atomic mass is 16.6. The summed E-state index contributed by atoms with van der Waals surface area (Å²) in [5.74, 6) is -0.312. The van der Waals surface area contributed by atoms with E-state index in [0.29, 0.717) is 5.57 Å². The molecule has 31 heavy (non-hydrogen) atoms. The van der Waals surface area contributed by atoms with Crippen molar-refractivity contribution in [3.05, 3.63) is 47.6 Å². The van der Waals surface area contributed by atoms with Crippen LogP contribution in [0.5, 0.6) is 0 Å². The number of carbonyl (C=O) groups is 2. The van der Waals surface area contributed by atoms with Crippen LogP contribution >= 0.6 is 0 Å². The van der Waals surface area contributed by atoms with Crippen molar-refractivity contribution < 1.29 is 23.8 Å². The lowest BCUT2D eigenvalue weighted by molar-refractivity contribution is -0.162. The number of allylic oxidation sites excluding steroid dienone is 4. The second-order valence-electron chi connectivity index (χ2n) is 11.6. The minimum atomic E-state index is -0.901. The van der Waals surface area contributed by atoms with Gasteiger partial charge in [0.1, 0.15) is 5.60 Å². The van der Waals surface area contributed by atoms with Crippen molar-refractivity contribution in [2.75, 3.05) is 0 Å². The van der Waals surface area contributed by atoms with E-state index >= 15 is 0 Å². The first kappa shape index (κ1) is 19.5. The summed E-state index contributed by atoms with van der Waals surface area (Å²) in [5.41, 5.74) is -1.40. The summed E-state index contributed by atoms with van der Waals surface area (Å²) in [6.07, 6.45) is 9.76. The molecular weight excluding hydrogens is 392 g/mol. The van der Waals surface area contributed by atoms with Gasteiger partial charge in [0.2, 0.25) is 5.78 Å². The molecule has 1 spiro atoms. The van der Waals surface area contributed by atoms with Crippen molar-refractivity contribution in [1.82, 2.24) is 0 Å². The summed E-state index contributed by atoms with van der Waals surface area (Å²) in [7, 11) is 0. The van der Waals surface area contributed by atoms with Gasteiger partial charge in [-0.25, -0.2) is 0 Å². The zero-order valence-corrected chi connectivity index (χ0v) is 18.8. The number of furan rings is 1. The Hall–Kier alpha value is -2.14. The van der Waals surface area contributed by atoms with Gasteiger partial charge in [0.25, 0.3) is 0 Å². The molecule has 2 saturated carbocycles. The van der Waals surface area contributed by atoms with E-state index in [4.69, 9.17) is 9.15 Å². The number of ether oxygens (including phenoxy) is 1. The molecule has 5 heteroatoms. The predicted octanol–water partition coefficient (Wildman–Crippen LogP) is 4.89. The molecule has 0 unspecified atom stereocenters. The van der Waals surface area contributed by atoms with Gasteiger partial charge in [-0.2, -0.15) is 0 Å². The van der Waals surface area contributed by atoms with Crippen LogP contribution in [0.4, 0.5) is 0 Å². The molecule has 4 aliphatic carbocycles. The van der Waals surface area contributed by atoms with Crippen molar-refractivity contribution in [2.24, 2.45) is 27.6 Å². The summed E-state index contributed by atoms with van der Waals surface area (Å²) in [5, 5.41) is 11.4. The molecule has 164 valence electrons. The van der Waals surface area contributed by atoms with Gasteiger partial charge in [-0.3, -0.25) is 9.59 Å². The number of aliphatic hydroxyl groups is 1. The molecule has 5 aliphatic rings. The van der Waals surface area contributed by atoms with Crippen LogP contribution in [0.25, 0.3) is 0 Å². The first-order valence-electron chi connectivity index (χ1n) is 11.4. The van der Waals surface area contributed by atoms with E-state index in [0.717, 1.165) is 19.3 Å². The maximum absolute atomic E-state index is 14.0. The Labute approximate surface area is 182 Å². The van der Waals surface area contributed by atoms with Crippen molar-refractivity contribution in [2.45, 2.75) is 71.5 Å². The van der Waals surface area contributed by atoms with Gasteiger partial charge in [0, 0.05) is 10.8 Å². The Balaban J connectivity index is 1.57. The number of epoxide rings is 1. The lowest BCUT2D eigenvalue weighted by atomic mass is 9.39. The molecule has 0 amide bonds. The smallest absolute Gasteiger partial charge is 0.206 e. The fraction of sp³-hybridized carbons (Fsp3) is 0.615. The standard InChI is InChI=1S/C26H30O5/c1-22(2)17(27)7-9-23(3)16-6-10-24(4)15(14-8-11-30-13-14)12-18-26(24,31-18)25(16,5)21(29)19(28)20(22)23/h7-9,11,13,15-16,18,28H,6,10,12H2,1-5H3/t15-,16-,18-,23+,24-,25+,26-/m1/s1. The van der Waals surface area contributed by atoms with E-state index in [1.54, 1.807) is 12.3 Å². The largest absolute Gasteiger partial charge is 0.504 e. The summed E-state index contributed by atoms with van der Waals surface area (Å²) < 4.78 is 11.9. The fourth-order valence-electron chi connectivity index (χ4n) is 8.78. The number of hydrogen-bond donors (Lipinski definition) is 1. The molecule has 1 N–H and O–H groups in total. The molecule has 0 radical (unpaired) electrons. The fourth-order valence-corrected chi connectivity index (χ4v) is 8.78. The second-order valence-corrected chi connectivity index (χ2v) is 11.6. The average molecular weight is 423 g/mol. The van der Waals surface area contributed by atoms with Gasteiger partial charge in [-0.15, -0.1) is 0 Å². The first-order valence-corrected chi connectivity index (χ1v) is 11.4. The van der Waals surface area contributed by atoms with E-state index in [1.807, 2.05) is 39.2 Å². The van der Waals surface area contributed by atoms with Crippen molar-refractivity contribution in [3.8, 4) is 0 Å².